The second-order valence-electron chi connectivity index (χ2n) is 6.13. The van der Waals surface area contributed by atoms with E-state index in [-0.39, 0.29) is 0 Å². The number of fused-ring (bicyclic) bond motifs is 4. The van der Waals surface area contributed by atoms with Gasteiger partial charge in [-0.2, -0.15) is 0 Å². The lowest BCUT2D eigenvalue weighted by molar-refractivity contribution is 1.20. The molecule has 1 heterocycles. The third-order valence-corrected chi connectivity index (χ3v) is 5.78. The zero-order valence-corrected chi connectivity index (χ0v) is 16.4. The second kappa shape index (κ2) is 5.72. The first-order valence-corrected chi connectivity index (χ1v) is 9.69. The predicted molar refractivity (Wildman–Crippen MR) is 114 cm³/mol. The second-order valence-corrected chi connectivity index (χ2v) is 7.90. The molecule has 0 saturated heterocycles. The standard InChI is InChI=1S/C22H13Br2N/c23-15-12-18(24)22-17-9-3-4-10-20(17)25(21(22)13-15)19-11-5-7-14-6-1-2-8-16(14)19/h1-13H. The molecule has 25 heavy (non-hydrogen) atoms. The largest absolute Gasteiger partial charge is 0.309 e. The van der Waals surface area contributed by atoms with Crippen molar-refractivity contribution in [3.8, 4) is 5.69 Å². The van der Waals surface area contributed by atoms with Gasteiger partial charge in [-0.05, 0) is 29.7 Å². The molecule has 0 spiro atoms. The van der Waals surface area contributed by atoms with Gasteiger partial charge < -0.3 is 4.57 Å². The first-order valence-electron chi connectivity index (χ1n) is 8.10. The van der Waals surface area contributed by atoms with Gasteiger partial charge in [0, 0.05) is 25.1 Å². The lowest BCUT2D eigenvalue weighted by Gasteiger charge is -2.11. The normalized spacial score (nSPS) is 11.6. The van der Waals surface area contributed by atoms with Crippen molar-refractivity contribution in [1.29, 1.82) is 0 Å². The van der Waals surface area contributed by atoms with E-state index in [1.807, 2.05) is 0 Å². The summed E-state index contributed by atoms with van der Waals surface area (Å²) in [5.41, 5.74) is 3.61. The van der Waals surface area contributed by atoms with Crippen molar-refractivity contribution in [2.75, 3.05) is 0 Å². The quantitative estimate of drug-likeness (QED) is 0.249. The Bertz CT molecular complexity index is 1260. The number of aromatic nitrogens is 1. The molecule has 5 aromatic rings. The van der Waals surface area contributed by atoms with E-state index < -0.39 is 0 Å². The summed E-state index contributed by atoms with van der Waals surface area (Å²) in [4.78, 5) is 0. The maximum Gasteiger partial charge on any atom is 0.0563 e. The number of para-hydroxylation sites is 1. The van der Waals surface area contributed by atoms with E-state index in [1.165, 1.54) is 38.3 Å². The molecule has 0 aliphatic rings. The SMILES string of the molecule is Brc1cc(Br)c2c3ccccc3n(-c3cccc4ccccc34)c2c1. The summed E-state index contributed by atoms with van der Waals surface area (Å²) >= 11 is 7.41. The van der Waals surface area contributed by atoms with E-state index in [2.05, 4.69) is 115 Å². The Kier molecular flexibility index (Phi) is 3.47. The van der Waals surface area contributed by atoms with E-state index in [9.17, 15) is 0 Å². The number of halogens is 2. The molecule has 0 saturated carbocycles. The Balaban J connectivity index is 2.05. The third kappa shape index (κ3) is 2.26. The fourth-order valence-electron chi connectivity index (χ4n) is 3.68. The molecule has 0 aliphatic heterocycles. The van der Waals surface area contributed by atoms with Gasteiger partial charge in [0.15, 0.2) is 0 Å². The number of benzene rings is 4. The van der Waals surface area contributed by atoms with Crippen LogP contribution in [0.4, 0.5) is 0 Å². The highest BCUT2D eigenvalue weighted by Gasteiger charge is 2.16. The van der Waals surface area contributed by atoms with Crippen molar-refractivity contribution in [1.82, 2.24) is 4.57 Å². The van der Waals surface area contributed by atoms with Gasteiger partial charge in [0.05, 0.1) is 16.7 Å². The molecule has 4 aromatic carbocycles. The summed E-state index contributed by atoms with van der Waals surface area (Å²) in [7, 11) is 0. The van der Waals surface area contributed by atoms with Gasteiger partial charge in [0.2, 0.25) is 0 Å². The zero-order chi connectivity index (χ0) is 17.0. The smallest absolute Gasteiger partial charge is 0.0563 e. The third-order valence-electron chi connectivity index (χ3n) is 4.70. The molecular weight excluding hydrogens is 438 g/mol. The van der Waals surface area contributed by atoms with Crippen LogP contribution in [0.15, 0.2) is 87.8 Å². The van der Waals surface area contributed by atoms with Crippen molar-refractivity contribution in [2.45, 2.75) is 0 Å². The molecule has 0 unspecified atom stereocenters. The Morgan fingerprint density at radius 3 is 2.24 bits per heavy atom. The van der Waals surface area contributed by atoms with Crippen LogP contribution in [-0.4, -0.2) is 4.57 Å². The van der Waals surface area contributed by atoms with Gasteiger partial charge in [-0.3, -0.25) is 0 Å². The maximum absolute atomic E-state index is 3.76. The molecule has 0 fully saturated rings. The van der Waals surface area contributed by atoms with Crippen LogP contribution in [0.5, 0.6) is 0 Å². The van der Waals surface area contributed by atoms with E-state index >= 15 is 0 Å². The highest BCUT2D eigenvalue weighted by Crippen LogP contribution is 2.39. The van der Waals surface area contributed by atoms with Crippen LogP contribution in [0.1, 0.15) is 0 Å². The van der Waals surface area contributed by atoms with Crippen LogP contribution in [-0.2, 0) is 0 Å². The Labute approximate surface area is 162 Å². The van der Waals surface area contributed by atoms with Crippen LogP contribution in [0, 0.1) is 0 Å². The molecule has 0 N–H and O–H groups in total. The van der Waals surface area contributed by atoms with E-state index in [0.717, 1.165) is 8.95 Å². The predicted octanol–water partition coefficient (Wildman–Crippen LogP) is 7.46. The first-order chi connectivity index (χ1) is 12.2. The fraction of sp³-hybridized carbons (Fsp3) is 0. The van der Waals surface area contributed by atoms with Gasteiger partial charge >= 0.3 is 0 Å². The molecule has 120 valence electrons. The number of nitrogens with zero attached hydrogens (tertiary/aromatic N) is 1. The van der Waals surface area contributed by atoms with Crippen molar-refractivity contribution in [3.63, 3.8) is 0 Å². The highest BCUT2D eigenvalue weighted by molar-refractivity contribution is 9.11. The summed E-state index contributed by atoms with van der Waals surface area (Å²) in [5.74, 6) is 0. The van der Waals surface area contributed by atoms with Gasteiger partial charge in [-0.25, -0.2) is 0 Å². The highest BCUT2D eigenvalue weighted by atomic mass is 79.9. The van der Waals surface area contributed by atoms with Crippen LogP contribution < -0.4 is 0 Å². The lowest BCUT2D eigenvalue weighted by Crippen LogP contribution is -1.95. The minimum absolute atomic E-state index is 1.07. The Morgan fingerprint density at radius 1 is 0.640 bits per heavy atom. The fourth-order valence-corrected chi connectivity index (χ4v) is 5.09. The van der Waals surface area contributed by atoms with Crippen molar-refractivity contribution >= 4 is 64.4 Å². The summed E-state index contributed by atoms with van der Waals surface area (Å²) in [6.45, 7) is 0. The van der Waals surface area contributed by atoms with E-state index in [0.29, 0.717) is 0 Å². The summed E-state index contributed by atoms with van der Waals surface area (Å²) in [6.07, 6.45) is 0. The minimum Gasteiger partial charge on any atom is -0.309 e. The average molecular weight is 451 g/mol. The van der Waals surface area contributed by atoms with E-state index in [1.54, 1.807) is 0 Å². The van der Waals surface area contributed by atoms with Gasteiger partial charge in [0.1, 0.15) is 0 Å². The molecule has 3 heteroatoms. The van der Waals surface area contributed by atoms with E-state index in [4.69, 9.17) is 0 Å². The lowest BCUT2D eigenvalue weighted by atomic mass is 10.1. The molecule has 0 bridgehead atoms. The van der Waals surface area contributed by atoms with Gasteiger partial charge in [-0.15, -0.1) is 0 Å². The van der Waals surface area contributed by atoms with Crippen LogP contribution in [0.25, 0.3) is 38.3 Å². The number of hydrogen-bond acceptors (Lipinski definition) is 0. The average Bonchev–Trinajstić information content (AvgIpc) is 2.95. The molecule has 1 nitrogen and oxygen atoms in total. The van der Waals surface area contributed by atoms with Gasteiger partial charge in [-0.1, -0.05) is 86.5 Å². The Hall–Kier alpha value is -2.10. The summed E-state index contributed by atoms with van der Waals surface area (Å²) < 4.78 is 4.53. The van der Waals surface area contributed by atoms with Crippen LogP contribution in [0.2, 0.25) is 0 Å². The molecular formula is C22H13Br2N. The monoisotopic (exact) mass is 449 g/mol. The molecule has 0 amide bonds. The molecule has 0 atom stereocenters. The van der Waals surface area contributed by atoms with Gasteiger partial charge in [0.25, 0.3) is 0 Å². The van der Waals surface area contributed by atoms with Crippen LogP contribution in [0.3, 0.4) is 0 Å². The maximum atomic E-state index is 3.76. The minimum atomic E-state index is 1.07. The topological polar surface area (TPSA) is 4.93 Å². The molecule has 5 rings (SSSR count). The summed E-state index contributed by atoms with van der Waals surface area (Å²) in [6, 6.07) is 27.9. The molecule has 0 radical (unpaired) electrons. The Morgan fingerprint density at radius 2 is 1.36 bits per heavy atom. The molecule has 1 aromatic heterocycles. The number of hydrogen-bond donors (Lipinski definition) is 0. The van der Waals surface area contributed by atoms with Crippen molar-refractivity contribution < 1.29 is 0 Å². The summed E-state index contributed by atoms with van der Waals surface area (Å²) in [5, 5.41) is 5.00. The first kappa shape index (κ1) is 15.2. The van der Waals surface area contributed by atoms with Crippen molar-refractivity contribution in [2.24, 2.45) is 0 Å². The number of rotatable bonds is 1. The zero-order valence-electron chi connectivity index (χ0n) is 13.2. The molecule has 0 aliphatic carbocycles. The van der Waals surface area contributed by atoms with Crippen LogP contribution >= 0.6 is 31.9 Å². The van der Waals surface area contributed by atoms with Crippen molar-refractivity contribution in [3.05, 3.63) is 87.8 Å².